The highest BCUT2D eigenvalue weighted by atomic mass is 79.9. The summed E-state index contributed by atoms with van der Waals surface area (Å²) in [4.78, 5) is 4.66. The van der Waals surface area contributed by atoms with Gasteiger partial charge in [0.05, 0.1) is 5.69 Å². The van der Waals surface area contributed by atoms with E-state index in [9.17, 15) is 0 Å². The largest absolute Gasteiger partial charge is 0.303 e. The zero-order valence-electron chi connectivity index (χ0n) is 8.00. The van der Waals surface area contributed by atoms with Crippen LogP contribution in [0.4, 0.5) is 0 Å². The van der Waals surface area contributed by atoms with Gasteiger partial charge in [0.1, 0.15) is 5.65 Å². The minimum atomic E-state index is 0.628. The summed E-state index contributed by atoms with van der Waals surface area (Å²) < 4.78 is 3.33. The molecule has 0 fully saturated rings. The number of rotatable bonds is 0. The van der Waals surface area contributed by atoms with E-state index in [1.165, 1.54) is 17.8 Å². The maximum atomic E-state index is 4.66. The van der Waals surface area contributed by atoms with Crippen LogP contribution in [0.2, 0.25) is 0 Å². The number of aryl methyl sites for hydroxylation is 1. The van der Waals surface area contributed by atoms with Crippen molar-refractivity contribution >= 4 is 21.6 Å². The van der Waals surface area contributed by atoms with E-state index in [0.29, 0.717) is 5.92 Å². The molecule has 0 bridgehead atoms. The average molecular weight is 251 g/mol. The van der Waals surface area contributed by atoms with Gasteiger partial charge in [-0.1, -0.05) is 6.92 Å². The highest BCUT2D eigenvalue weighted by molar-refractivity contribution is 9.10. The van der Waals surface area contributed by atoms with Gasteiger partial charge in [-0.25, -0.2) is 4.98 Å². The zero-order chi connectivity index (χ0) is 9.71. The second-order valence-electron chi connectivity index (χ2n) is 3.96. The molecule has 0 aromatic carbocycles. The summed E-state index contributed by atoms with van der Waals surface area (Å²) in [7, 11) is 0. The third-order valence-corrected chi connectivity index (χ3v) is 3.46. The van der Waals surface area contributed by atoms with E-state index in [0.717, 1.165) is 16.5 Å². The van der Waals surface area contributed by atoms with Crippen molar-refractivity contribution in [3.05, 3.63) is 34.2 Å². The van der Waals surface area contributed by atoms with E-state index in [4.69, 9.17) is 0 Å². The Morgan fingerprint density at radius 3 is 3.21 bits per heavy atom. The lowest BCUT2D eigenvalue weighted by molar-refractivity contribution is 0.726. The number of halogens is 1. The first kappa shape index (κ1) is 8.48. The molecule has 0 saturated carbocycles. The predicted octanol–water partition coefficient (Wildman–Crippen LogP) is 3.15. The van der Waals surface area contributed by atoms with E-state index in [2.05, 4.69) is 44.5 Å². The van der Waals surface area contributed by atoms with Crippen LogP contribution < -0.4 is 0 Å². The Bertz CT molecular complexity index is 501. The molecular weight excluding hydrogens is 240 g/mol. The molecule has 72 valence electrons. The van der Waals surface area contributed by atoms with Gasteiger partial charge < -0.3 is 4.40 Å². The molecule has 0 amide bonds. The zero-order valence-corrected chi connectivity index (χ0v) is 9.58. The molecule has 14 heavy (non-hydrogen) atoms. The van der Waals surface area contributed by atoms with Gasteiger partial charge in [0.2, 0.25) is 0 Å². The van der Waals surface area contributed by atoms with Crippen LogP contribution in [0.3, 0.4) is 0 Å². The first-order chi connectivity index (χ1) is 6.75. The fraction of sp³-hybridized carbons (Fsp3) is 0.364. The van der Waals surface area contributed by atoms with Crippen LogP contribution in [0.1, 0.15) is 30.7 Å². The van der Waals surface area contributed by atoms with Crippen molar-refractivity contribution in [3.63, 3.8) is 0 Å². The number of hydrogen-bond acceptors (Lipinski definition) is 1. The lowest BCUT2D eigenvalue weighted by atomic mass is 10.1. The quantitative estimate of drug-likeness (QED) is 0.703. The Morgan fingerprint density at radius 2 is 2.36 bits per heavy atom. The van der Waals surface area contributed by atoms with Crippen molar-refractivity contribution in [2.24, 2.45) is 0 Å². The Hall–Kier alpha value is -0.830. The molecule has 2 heterocycles. The highest BCUT2D eigenvalue weighted by Crippen LogP contribution is 2.32. The monoisotopic (exact) mass is 250 g/mol. The van der Waals surface area contributed by atoms with Crippen molar-refractivity contribution < 1.29 is 0 Å². The molecule has 1 atom stereocenters. The molecule has 0 spiro atoms. The maximum absolute atomic E-state index is 4.66. The summed E-state index contributed by atoms with van der Waals surface area (Å²) in [5.41, 5.74) is 3.77. The van der Waals surface area contributed by atoms with Crippen LogP contribution in [0.5, 0.6) is 0 Å². The van der Waals surface area contributed by atoms with Crippen molar-refractivity contribution in [3.8, 4) is 0 Å². The first-order valence-corrected chi connectivity index (χ1v) is 5.71. The van der Waals surface area contributed by atoms with Crippen LogP contribution in [-0.2, 0) is 6.42 Å². The van der Waals surface area contributed by atoms with Gasteiger partial charge >= 0.3 is 0 Å². The van der Waals surface area contributed by atoms with Gasteiger partial charge in [-0.3, -0.25) is 0 Å². The topological polar surface area (TPSA) is 17.3 Å². The number of hydrogen-bond donors (Lipinski definition) is 0. The number of fused-ring (bicyclic) bond motifs is 3. The second kappa shape index (κ2) is 2.83. The molecule has 3 rings (SSSR count). The van der Waals surface area contributed by atoms with Gasteiger partial charge in [0, 0.05) is 22.3 Å². The van der Waals surface area contributed by atoms with Crippen molar-refractivity contribution in [2.75, 3.05) is 0 Å². The molecule has 0 saturated heterocycles. The molecule has 2 nitrogen and oxygen atoms in total. The minimum Gasteiger partial charge on any atom is -0.303 e. The summed E-state index contributed by atoms with van der Waals surface area (Å²) in [5.74, 6) is 0.628. The van der Waals surface area contributed by atoms with Crippen LogP contribution in [0.15, 0.2) is 22.8 Å². The summed E-state index contributed by atoms with van der Waals surface area (Å²) >= 11 is 3.49. The Balaban J connectivity index is 2.36. The number of pyridine rings is 1. The molecule has 2 aromatic rings. The van der Waals surface area contributed by atoms with Gasteiger partial charge in [-0.05, 0) is 40.9 Å². The standard InChI is InChI=1S/C11H11BrN2/c1-7-2-4-9-11(7)13-10-5-3-8(12)6-14(9)10/h3,5-7H,2,4H2,1H3. The third kappa shape index (κ3) is 1.05. The molecule has 1 aliphatic carbocycles. The Morgan fingerprint density at radius 1 is 1.50 bits per heavy atom. The summed E-state index contributed by atoms with van der Waals surface area (Å²) in [6.07, 6.45) is 4.51. The molecular formula is C11H11BrN2. The normalized spacial score (nSPS) is 20.3. The summed E-state index contributed by atoms with van der Waals surface area (Å²) in [6.45, 7) is 2.26. The van der Waals surface area contributed by atoms with Crippen LogP contribution >= 0.6 is 15.9 Å². The van der Waals surface area contributed by atoms with E-state index in [1.54, 1.807) is 0 Å². The van der Waals surface area contributed by atoms with Crippen LogP contribution in [0, 0.1) is 0 Å². The Labute approximate surface area is 91.1 Å². The number of imidazole rings is 1. The SMILES string of the molecule is CC1CCc2c1nc1ccc(Br)cn21. The van der Waals surface area contributed by atoms with E-state index >= 15 is 0 Å². The molecule has 1 aliphatic rings. The summed E-state index contributed by atoms with van der Waals surface area (Å²) in [6, 6.07) is 4.11. The smallest absolute Gasteiger partial charge is 0.137 e. The second-order valence-corrected chi connectivity index (χ2v) is 4.87. The third-order valence-electron chi connectivity index (χ3n) is 2.99. The fourth-order valence-electron chi connectivity index (χ4n) is 2.22. The molecule has 0 N–H and O–H groups in total. The van der Waals surface area contributed by atoms with Crippen molar-refractivity contribution in [2.45, 2.75) is 25.7 Å². The molecule has 2 aromatic heterocycles. The fourth-order valence-corrected chi connectivity index (χ4v) is 2.56. The van der Waals surface area contributed by atoms with E-state index in [-0.39, 0.29) is 0 Å². The van der Waals surface area contributed by atoms with E-state index in [1.807, 2.05) is 6.07 Å². The van der Waals surface area contributed by atoms with Crippen molar-refractivity contribution in [1.29, 1.82) is 0 Å². The van der Waals surface area contributed by atoms with Crippen LogP contribution in [0.25, 0.3) is 5.65 Å². The van der Waals surface area contributed by atoms with Crippen molar-refractivity contribution in [1.82, 2.24) is 9.38 Å². The molecule has 0 aliphatic heterocycles. The number of nitrogens with zero attached hydrogens (tertiary/aromatic N) is 2. The lowest BCUT2D eigenvalue weighted by Crippen LogP contribution is -1.89. The lowest BCUT2D eigenvalue weighted by Gasteiger charge is -1.98. The predicted molar refractivity (Wildman–Crippen MR) is 59.6 cm³/mol. The van der Waals surface area contributed by atoms with Gasteiger partial charge in [-0.15, -0.1) is 0 Å². The van der Waals surface area contributed by atoms with E-state index < -0.39 is 0 Å². The maximum Gasteiger partial charge on any atom is 0.137 e. The molecule has 0 radical (unpaired) electrons. The summed E-state index contributed by atoms with van der Waals surface area (Å²) in [5, 5.41) is 0. The highest BCUT2D eigenvalue weighted by Gasteiger charge is 2.23. The average Bonchev–Trinajstić information content (AvgIpc) is 2.67. The Kier molecular flexibility index (Phi) is 1.71. The van der Waals surface area contributed by atoms with Gasteiger partial charge in [0.25, 0.3) is 0 Å². The first-order valence-electron chi connectivity index (χ1n) is 4.92. The number of aromatic nitrogens is 2. The van der Waals surface area contributed by atoms with Gasteiger partial charge in [0.15, 0.2) is 0 Å². The van der Waals surface area contributed by atoms with Crippen LogP contribution in [-0.4, -0.2) is 9.38 Å². The van der Waals surface area contributed by atoms with Gasteiger partial charge in [-0.2, -0.15) is 0 Å². The molecule has 3 heteroatoms. The molecule has 1 unspecified atom stereocenters. The minimum absolute atomic E-state index is 0.628.